The molecule has 0 spiro atoms. The number of anilines is 1. The number of nitrogens with one attached hydrogen (secondary N) is 1. The first-order valence-corrected chi connectivity index (χ1v) is 13.4. The van der Waals surface area contributed by atoms with Gasteiger partial charge in [0.15, 0.2) is 15.7 Å². The van der Waals surface area contributed by atoms with Gasteiger partial charge >= 0.3 is 5.97 Å². The Labute approximate surface area is 198 Å². The van der Waals surface area contributed by atoms with Crippen molar-refractivity contribution in [1.29, 1.82) is 0 Å². The fourth-order valence-corrected chi connectivity index (χ4v) is 4.47. The first-order valence-electron chi connectivity index (χ1n) is 11.4. The van der Waals surface area contributed by atoms with Crippen LogP contribution in [0.1, 0.15) is 32.6 Å². The number of hydrogen-bond donors (Lipinski definition) is 1. The molecule has 1 aliphatic rings. The number of benzene rings is 1. The zero-order valence-electron chi connectivity index (χ0n) is 19.3. The summed E-state index contributed by atoms with van der Waals surface area (Å²) in [5.41, 5.74) is 0.788. The molecule has 3 aromatic rings. The Balaban J connectivity index is 1.45. The molecule has 4 rings (SSSR count). The zero-order chi connectivity index (χ0) is 24.1. The fraction of sp³-hybridized carbons (Fsp3) is 0.478. The molecule has 1 saturated carbocycles. The Morgan fingerprint density at radius 2 is 2.00 bits per heavy atom. The fourth-order valence-electron chi connectivity index (χ4n) is 4.09. The number of fused-ring (bicyclic) bond motifs is 1. The van der Waals surface area contributed by atoms with E-state index < -0.39 is 9.84 Å². The van der Waals surface area contributed by atoms with Crippen molar-refractivity contribution >= 4 is 32.7 Å². The Kier molecular flexibility index (Phi) is 7.30. The predicted molar refractivity (Wildman–Crippen MR) is 128 cm³/mol. The molecule has 11 heteroatoms. The Hall–Kier alpha value is -3.21. The lowest BCUT2D eigenvalue weighted by molar-refractivity contribution is -0.149. The first-order chi connectivity index (χ1) is 16.3. The minimum Gasteiger partial charge on any atom is -0.492 e. The van der Waals surface area contributed by atoms with E-state index in [-0.39, 0.29) is 30.3 Å². The molecule has 2 aromatic heterocycles. The molecular weight excluding hydrogens is 458 g/mol. The van der Waals surface area contributed by atoms with Gasteiger partial charge in [-0.1, -0.05) is 6.07 Å². The molecule has 1 aliphatic carbocycles. The maximum absolute atomic E-state index is 12.0. The molecule has 0 aliphatic heterocycles. The van der Waals surface area contributed by atoms with Crippen LogP contribution in [0.25, 0.3) is 16.7 Å². The average molecular weight is 488 g/mol. The number of aromatic nitrogens is 4. The highest BCUT2D eigenvalue weighted by Gasteiger charge is 2.27. The van der Waals surface area contributed by atoms with Crippen LogP contribution in [0.15, 0.2) is 36.7 Å². The lowest BCUT2D eigenvalue weighted by Crippen LogP contribution is -2.30. The van der Waals surface area contributed by atoms with Crippen molar-refractivity contribution in [1.82, 2.24) is 19.7 Å². The number of nitrogens with zero attached hydrogens (tertiary/aromatic N) is 4. The summed E-state index contributed by atoms with van der Waals surface area (Å²) in [6, 6.07) is 7.48. The van der Waals surface area contributed by atoms with E-state index in [0.29, 0.717) is 24.1 Å². The second-order valence-corrected chi connectivity index (χ2v) is 10.7. The second kappa shape index (κ2) is 10.4. The number of ether oxygens (including phenoxy) is 2. The molecule has 0 atom stereocenters. The van der Waals surface area contributed by atoms with Crippen LogP contribution in [0.3, 0.4) is 0 Å². The summed E-state index contributed by atoms with van der Waals surface area (Å²) in [4.78, 5) is 20.9. The molecule has 1 fully saturated rings. The van der Waals surface area contributed by atoms with Crippen LogP contribution < -0.4 is 10.1 Å². The van der Waals surface area contributed by atoms with Crippen LogP contribution in [0.2, 0.25) is 0 Å². The van der Waals surface area contributed by atoms with Gasteiger partial charge < -0.3 is 14.8 Å². The zero-order valence-corrected chi connectivity index (χ0v) is 20.1. The molecule has 10 nitrogen and oxygen atoms in total. The smallest absolute Gasteiger partial charge is 0.308 e. The average Bonchev–Trinajstić information content (AvgIpc) is 3.24. The van der Waals surface area contributed by atoms with Crippen LogP contribution in [-0.2, 0) is 19.4 Å². The van der Waals surface area contributed by atoms with Crippen LogP contribution in [0.5, 0.6) is 5.75 Å². The van der Waals surface area contributed by atoms with E-state index >= 15 is 0 Å². The molecule has 0 amide bonds. The number of sulfone groups is 1. The monoisotopic (exact) mass is 487 g/mol. The third-order valence-electron chi connectivity index (χ3n) is 5.82. The van der Waals surface area contributed by atoms with Gasteiger partial charge in [-0.05, 0) is 44.7 Å². The Bertz CT molecular complexity index is 1250. The van der Waals surface area contributed by atoms with E-state index in [1.165, 1.54) is 6.26 Å². The van der Waals surface area contributed by atoms with Crippen LogP contribution in [0, 0.1) is 5.92 Å². The van der Waals surface area contributed by atoms with E-state index in [0.717, 1.165) is 36.6 Å². The summed E-state index contributed by atoms with van der Waals surface area (Å²) in [6.45, 7) is 2.31. The van der Waals surface area contributed by atoms with Crippen molar-refractivity contribution < 1.29 is 22.7 Å². The summed E-state index contributed by atoms with van der Waals surface area (Å²) in [6.07, 6.45) is 7.78. The molecule has 0 unspecified atom stereocenters. The molecule has 0 saturated heterocycles. The third kappa shape index (κ3) is 5.82. The van der Waals surface area contributed by atoms with Gasteiger partial charge in [0.2, 0.25) is 5.95 Å². The molecule has 34 heavy (non-hydrogen) atoms. The van der Waals surface area contributed by atoms with Gasteiger partial charge in [-0.3, -0.25) is 4.79 Å². The van der Waals surface area contributed by atoms with Crippen LogP contribution >= 0.6 is 0 Å². The lowest BCUT2D eigenvalue weighted by Gasteiger charge is -2.27. The molecule has 1 N–H and O–H groups in total. The standard InChI is InChI=1S/C23H29N5O5S/c1-3-32-22(29)16-7-9-17(10-8-16)26-23-24-12-11-21(27-23)28-19-5-4-6-20(18(19)15-25-28)33-13-14-34(2,30)31/h4-6,11-12,15-17H,3,7-10,13-14H2,1-2H3,(H,24,26,27). The summed E-state index contributed by atoms with van der Waals surface area (Å²) >= 11 is 0. The minimum atomic E-state index is -3.11. The largest absolute Gasteiger partial charge is 0.492 e. The number of rotatable bonds is 9. The van der Waals surface area contributed by atoms with Gasteiger partial charge in [-0.25, -0.2) is 18.1 Å². The predicted octanol–water partition coefficient (Wildman–Crippen LogP) is 2.77. The molecule has 2 heterocycles. The van der Waals surface area contributed by atoms with Crippen LogP contribution in [-0.4, -0.2) is 65.4 Å². The van der Waals surface area contributed by atoms with Gasteiger partial charge in [0.25, 0.3) is 0 Å². The summed E-state index contributed by atoms with van der Waals surface area (Å²) < 4.78 is 35.3. The van der Waals surface area contributed by atoms with Crippen molar-refractivity contribution in [2.75, 3.05) is 30.5 Å². The summed E-state index contributed by atoms with van der Waals surface area (Å²) in [5, 5.41) is 8.61. The Morgan fingerprint density at radius 3 is 2.74 bits per heavy atom. The number of carbonyl (C=O) groups is 1. The quantitative estimate of drug-likeness (QED) is 0.453. The maximum Gasteiger partial charge on any atom is 0.308 e. The molecular formula is C23H29N5O5S. The highest BCUT2D eigenvalue weighted by Crippen LogP contribution is 2.28. The van der Waals surface area contributed by atoms with Crippen molar-refractivity contribution in [2.45, 2.75) is 38.6 Å². The van der Waals surface area contributed by atoms with Gasteiger partial charge in [0, 0.05) is 24.6 Å². The van der Waals surface area contributed by atoms with Gasteiger partial charge in [0.05, 0.1) is 35.4 Å². The number of hydrogen-bond acceptors (Lipinski definition) is 9. The minimum absolute atomic E-state index is 0.0328. The molecule has 0 radical (unpaired) electrons. The van der Waals surface area contributed by atoms with E-state index in [9.17, 15) is 13.2 Å². The van der Waals surface area contributed by atoms with Gasteiger partial charge in [-0.15, -0.1) is 0 Å². The van der Waals surface area contributed by atoms with E-state index in [1.807, 2.05) is 19.1 Å². The van der Waals surface area contributed by atoms with Crippen molar-refractivity contribution in [2.24, 2.45) is 5.92 Å². The van der Waals surface area contributed by atoms with Crippen molar-refractivity contribution in [3.8, 4) is 11.6 Å². The van der Waals surface area contributed by atoms with Crippen molar-refractivity contribution in [3.05, 3.63) is 36.7 Å². The topological polar surface area (TPSA) is 125 Å². The van der Waals surface area contributed by atoms with Gasteiger partial charge in [-0.2, -0.15) is 10.1 Å². The highest BCUT2D eigenvalue weighted by atomic mass is 32.2. The SMILES string of the molecule is CCOC(=O)C1CCC(Nc2nccc(-n3ncc4c(OCCS(C)(=O)=O)cccc43)n2)CC1. The second-order valence-electron chi connectivity index (χ2n) is 8.41. The Morgan fingerprint density at radius 1 is 1.21 bits per heavy atom. The number of carbonyl (C=O) groups excluding carboxylic acids is 1. The molecule has 1 aromatic carbocycles. The third-order valence-corrected chi connectivity index (χ3v) is 6.73. The number of esters is 1. The highest BCUT2D eigenvalue weighted by molar-refractivity contribution is 7.90. The summed E-state index contributed by atoms with van der Waals surface area (Å²) in [7, 11) is -3.11. The van der Waals surface area contributed by atoms with Crippen molar-refractivity contribution in [3.63, 3.8) is 0 Å². The van der Waals surface area contributed by atoms with E-state index in [4.69, 9.17) is 9.47 Å². The van der Waals surface area contributed by atoms with Crippen LogP contribution in [0.4, 0.5) is 5.95 Å². The summed E-state index contributed by atoms with van der Waals surface area (Å²) in [5.74, 6) is 1.47. The van der Waals surface area contributed by atoms with Gasteiger partial charge in [0.1, 0.15) is 12.4 Å². The van der Waals surface area contributed by atoms with E-state index in [1.54, 1.807) is 29.2 Å². The molecule has 182 valence electrons. The first kappa shape index (κ1) is 23.9. The van der Waals surface area contributed by atoms with E-state index in [2.05, 4.69) is 20.4 Å². The maximum atomic E-state index is 12.0. The normalized spacial score (nSPS) is 18.5. The lowest BCUT2D eigenvalue weighted by atomic mass is 9.86. The molecule has 0 bridgehead atoms.